The van der Waals surface area contributed by atoms with Gasteiger partial charge in [0.2, 0.25) is 0 Å². The fraction of sp³-hybridized carbons (Fsp3) is 0.600. The molecule has 0 rings (SSSR count). The second-order valence-electron chi connectivity index (χ2n) is 3.15. The summed E-state index contributed by atoms with van der Waals surface area (Å²) in [5.41, 5.74) is -0.381. The van der Waals surface area contributed by atoms with Crippen molar-refractivity contribution >= 4 is 11.9 Å². The van der Waals surface area contributed by atoms with E-state index in [-0.39, 0.29) is 5.92 Å². The van der Waals surface area contributed by atoms with E-state index in [4.69, 9.17) is 0 Å². The Hall–Kier alpha value is -1.32. The van der Waals surface area contributed by atoms with Gasteiger partial charge in [0.15, 0.2) is 0 Å². The first-order chi connectivity index (χ1) is 6.45. The Morgan fingerprint density at radius 3 is 1.64 bits per heavy atom. The Balaban J connectivity index is 5.17. The van der Waals surface area contributed by atoms with Crippen LogP contribution in [0.2, 0.25) is 0 Å². The van der Waals surface area contributed by atoms with Gasteiger partial charge in [0.05, 0.1) is 11.9 Å². The molecule has 4 nitrogen and oxygen atoms in total. The normalized spacial score (nSPS) is 10.0. The van der Waals surface area contributed by atoms with Gasteiger partial charge < -0.3 is 19.8 Å². The van der Waals surface area contributed by atoms with Crippen LogP contribution in [0.4, 0.5) is 0 Å². The first kappa shape index (κ1) is 12.7. The van der Waals surface area contributed by atoms with E-state index in [2.05, 4.69) is 0 Å². The van der Waals surface area contributed by atoms with Gasteiger partial charge in [-0.1, -0.05) is 19.4 Å². The van der Waals surface area contributed by atoms with Crippen molar-refractivity contribution in [2.75, 3.05) is 0 Å². The number of carboxylic acids is 2. The molecule has 14 heavy (non-hydrogen) atoms. The number of rotatable bonds is 5. The summed E-state index contributed by atoms with van der Waals surface area (Å²) < 4.78 is 0. The summed E-state index contributed by atoms with van der Waals surface area (Å²) in [4.78, 5) is 21.1. The molecule has 0 spiro atoms. The molecular weight excluding hydrogens is 184 g/mol. The van der Waals surface area contributed by atoms with Gasteiger partial charge in [0.1, 0.15) is 0 Å². The third-order valence-corrected chi connectivity index (χ3v) is 2.40. The minimum atomic E-state index is -1.67. The van der Waals surface area contributed by atoms with Crippen molar-refractivity contribution < 1.29 is 19.8 Å². The van der Waals surface area contributed by atoms with Crippen molar-refractivity contribution in [2.45, 2.75) is 33.6 Å². The van der Waals surface area contributed by atoms with E-state index < -0.39 is 17.5 Å². The standard InChI is InChI=1S/C10H16O4/c1-4-7(5-2)6(3)8(9(11)12)10(13)14/h7H,4-5H2,1-3H3,(H,11,12)(H,13,14)/p-2. The zero-order valence-electron chi connectivity index (χ0n) is 8.62. The molecular formula is C10H14O4-2. The minimum absolute atomic E-state index is 0.0409. The summed E-state index contributed by atoms with van der Waals surface area (Å²) in [6.45, 7) is 5.25. The molecule has 0 heterocycles. The summed E-state index contributed by atoms with van der Waals surface area (Å²) in [6.07, 6.45) is 1.40. The highest BCUT2D eigenvalue weighted by Crippen LogP contribution is 2.21. The van der Waals surface area contributed by atoms with E-state index in [9.17, 15) is 19.8 Å². The highest BCUT2D eigenvalue weighted by Gasteiger charge is 2.12. The highest BCUT2D eigenvalue weighted by molar-refractivity contribution is 6.11. The molecule has 0 N–H and O–H groups in total. The van der Waals surface area contributed by atoms with Gasteiger partial charge in [-0.05, 0) is 25.7 Å². The SMILES string of the molecule is CCC(CC)C(C)=C(C(=O)[O-])C(=O)[O-]. The lowest BCUT2D eigenvalue weighted by molar-refractivity contribution is -0.312. The van der Waals surface area contributed by atoms with E-state index in [0.717, 1.165) is 0 Å². The maximum Gasteiger partial charge on any atom is 0.0733 e. The van der Waals surface area contributed by atoms with Crippen molar-refractivity contribution in [3.05, 3.63) is 11.1 Å². The quantitative estimate of drug-likeness (QED) is 0.330. The molecule has 0 fully saturated rings. The average Bonchev–Trinajstić information content (AvgIpc) is 2.04. The number of carbonyl (C=O) groups excluding carboxylic acids is 2. The zero-order valence-corrected chi connectivity index (χ0v) is 8.62. The van der Waals surface area contributed by atoms with Crippen molar-refractivity contribution in [1.29, 1.82) is 0 Å². The van der Waals surface area contributed by atoms with Gasteiger partial charge in [0.25, 0.3) is 0 Å². The Morgan fingerprint density at radius 1 is 1.07 bits per heavy atom. The summed E-state index contributed by atoms with van der Waals surface area (Å²) in [5.74, 6) is -3.38. The maximum absolute atomic E-state index is 10.5. The van der Waals surface area contributed by atoms with E-state index in [1.54, 1.807) is 0 Å². The lowest BCUT2D eigenvalue weighted by Crippen LogP contribution is -2.37. The molecule has 0 saturated carbocycles. The Morgan fingerprint density at radius 2 is 1.43 bits per heavy atom. The van der Waals surface area contributed by atoms with Gasteiger partial charge in [-0.3, -0.25) is 0 Å². The Kier molecular flexibility index (Phi) is 4.91. The molecule has 0 atom stereocenters. The minimum Gasteiger partial charge on any atom is -0.545 e. The van der Waals surface area contributed by atoms with E-state index in [0.29, 0.717) is 18.4 Å². The summed E-state index contributed by atoms with van der Waals surface area (Å²) >= 11 is 0. The fourth-order valence-electron chi connectivity index (χ4n) is 1.51. The number of carbonyl (C=O) groups is 2. The van der Waals surface area contributed by atoms with Gasteiger partial charge >= 0.3 is 0 Å². The molecule has 0 bridgehead atoms. The second-order valence-corrected chi connectivity index (χ2v) is 3.15. The Bertz CT molecular complexity index is 245. The molecule has 80 valence electrons. The van der Waals surface area contributed by atoms with Crippen LogP contribution in [0.3, 0.4) is 0 Å². The van der Waals surface area contributed by atoms with Crippen LogP contribution in [0.1, 0.15) is 33.6 Å². The first-order valence-electron chi connectivity index (χ1n) is 4.59. The maximum atomic E-state index is 10.5. The third kappa shape index (κ3) is 2.87. The molecule has 0 aliphatic rings. The molecule has 0 saturated heterocycles. The van der Waals surface area contributed by atoms with Crippen molar-refractivity contribution in [2.24, 2.45) is 5.92 Å². The molecule has 0 aromatic rings. The second kappa shape index (κ2) is 5.42. The van der Waals surface area contributed by atoms with Crippen molar-refractivity contribution in [3.8, 4) is 0 Å². The van der Waals surface area contributed by atoms with Crippen LogP contribution < -0.4 is 10.2 Å². The topological polar surface area (TPSA) is 80.3 Å². The van der Waals surface area contributed by atoms with Crippen LogP contribution in [-0.2, 0) is 9.59 Å². The molecule has 0 aromatic heterocycles. The number of hydrogen-bond acceptors (Lipinski definition) is 4. The van der Waals surface area contributed by atoms with Crippen LogP contribution in [0.25, 0.3) is 0 Å². The fourth-order valence-corrected chi connectivity index (χ4v) is 1.51. The molecule has 0 aliphatic heterocycles. The van der Waals surface area contributed by atoms with E-state index >= 15 is 0 Å². The van der Waals surface area contributed by atoms with Crippen LogP contribution >= 0.6 is 0 Å². The predicted molar refractivity (Wildman–Crippen MR) is 46.8 cm³/mol. The smallest absolute Gasteiger partial charge is 0.0733 e. The average molecular weight is 198 g/mol. The number of carboxylic acid groups (broad SMARTS) is 2. The van der Waals surface area contributed by atoms with E-state index in [1.807, 2.05) is 13.8 Å². The van der Waals surface area contributed by atoms with Crippen LogP contribution in [0.15, 0.2) is 11.1 Å². The molecule has 0 radical (unpaired) electrons. The van der Waals surface area contributed by atoms with Gasteiger partial charge in [-0.15, -0.1) is 0 Å². The summed E-state index contributed by atoms with van der Waals surface area (Å²) in [5, 5.41) is 21.1. The molecule has 0 aliphatic carbocycles. The lowest BCUT2D eigenvalue weighted by Gasteiger charge is -2.20. The lowest BCUT2D eigenvalue weighted by atomic mass is 9.91. The van der Waals surface area contributed by atoms with E-state index in [1.165, 1.54) is 6.92 Å². The predicted octanol–water partition coefficient (Wildman–Crippen LogP) is -0.761. The molecule has 4 heteroatoms. The molecule has 0 amide bonds. The zero-order chi connectivity index (χ0) is 11.3. The molecule has 0 aromatic carbocycles. The Labute approximate surface area is 83.2 Å². The number of aliphatic carboxylic acids is 2. The van der Waals surface area contributed by atoms with Crippen molar-refractivity contribution in [1.82, 2.24) is 0 Å². The third-order valence-electron chi connectivity index (χ3n) is 2.40. The monoisotopic (exact) mass is 198 g/mol. The van der Waals surface area contributed by atoms with Gasteiger partial charge in [0, 0.05) is 5.57 Å². The highest BCUT2D eigenvalue weighted by atomic mass is 16.4. The van der Waals surface area contributed by atoms with Gasteiger partial charge in [-0.2, -0.15) is 0 Å². The largest absolute Gasteiger partial charge is 0.545 e. The van der Waals surface area contributed by atoms with Crippen molar-refractivity contribution in [3.63, 3.8) is 0 Å². The number of allylic oxidation sites excluding steroid dienone is 1. The number of hydrogen-bond donors (Lipinski definition) is 0. The van der Waals surface area contributed by atoms with Gasteiger partial charge in [-0.25, -0.2) is 0 Å². The summed E-state index contributed by atoms with van der Waals surface area (Å²) in [7, 11) is 0. The summed E-state index contributed by atoms with van der Waals surface area (Å²) in [6, 6.07) is 0. The van der Waals surface area contributed by atoms with Crippen LogP contribution in [-0.4, -0.2) is 11.9 Å². The molecule has 0 unspecified atom stereocenters. The van der Waals surface area contributed by atoms with Crippen LogP contribution in [0, 0.1) is 5.92 Å². The van der Waals surface area contributed by atoms with Crippen LogP contribution in [0.5, 0.6) is 0 Å². The first-order valence-corrected chi connectivity index (χ1v) is 4.59.